The van der Waals surface area contributed by atoms with Crippen LogP contribution in [0.15, 0.2) is 95.5 Å². The summed E-state index contributed by atoms with van der Waals surface area (Å²) in [5.74, 6) is 0. The summed E-state index contributed by atoms with van der Waals surface area (Å²) in [4.78, 5) is 4.70. The Labute approximate surface area is 155 Å². The van der Waals surface area contributed by atoms with Crippen molar-refractivity contribution in [3.05, 3.63) is 91.1 Å². The lowest BCUT2D eigenvalue weighted by Gasteiger charge is -2.06. The van der Waals surface area contributed by atoms with E-state index < -0.39 is 0 Å². The average Bonchev–Trinajstić information content (AvgIpc) is 3.13. The van der Waals surface area contributed by atoms with E-state index in [9.17, 15) is 0 Å². The summed E-state index contributed by atoms with van der Waals surface area (Å²) < 4.78 is 6.46. The molecule has 0 fully saturated rings. The highest BCUT2D eigenvalue weighted by atomic mass is 16.3. The Balaban J connectivity index is 1.77. The molecule has 6 rings (SSSR count). The van der Waals surface area contributed by atoms with Crippen molar-refractivity contribution in [3.8, 4) is 11.3 Å². The van der Waals surface area contributed by atoms with E-state index in [0.717, 1.165) is 44.0 Å². The Hall–Kier alpha value is -3.65. The maximum Gasteiger partial charge on any atom is 0.144 e. The molecule has 0 unspecified atom stereocenters. The quantitative estimate of drug-likeness (QED) is 0.322. The molecular weight excluding hydrogens is 330 g/mol. The fraction of sp³-hybridized carbons (Fsp3) is 0. The van der Waals surface area contributed by atoms with Crippen LogP contribution in [0.4, 0.5) is 0 Å². The van der Waals surface area contributed by atoms with Crippen LogP contribution in [0.2, 0.25) is 0 Å². The number of aromatic nitrogens is 1. The van der Waals surface area contributed by atoms with E-state index in [1.807, 2.05) is 12.3 Å². The Morgan fingerprint density at radius 1 is 0.519 bits per heavy atom. The van der Waals surface area contributed by atoms with Crippen molar-refractivity contribution in [2.24, 2.45) is 0 Å². The van der Waals surface area contributed by atoms with Gasteiger partial charge in [0.1, 0.15) is 11.2 Å². The average molecular weight is 345 g/mol. The number of rotatable bonds is 1. The third-order valence-electron chi connectivity index (χ3n) is 5.32. The molecule has 2 nitrogen and oxygen atoms in total. The van der Waals surface area contributed by atoms with Crippen LogP contribution in [0, 0.1) is 0 Å². The number of para-hydroxylation sites is 1. The number of pyridine rings is 1. The topological polar surface area (TPSA) is 26.0 Å². The lowest BCUT2D eigenvalue weighted by atomic mass is 10.0. The second-order valence-corrected chi connectivity index (χ2v) is 6.83. The largest absolute Gasteiger partial charge is 0.455 e. The number of hydrogen-bond acceptors (Lipinski definition) is 2. The maximum atomic E-state index is 6.46. The molecule has 0 amide bonds. The van der Waals surface area contributed by atoms with Crippen LogP contribution < -0.4 is 0 Å². The first-order valence-electron chi connectivity index (χ1n) is 9.07. The zero-order chi connectivity index (χ0) is 17.8. The number of fused-ring (bicyclic) bond motifs is 6. The van der Waals surface area contributed by atoms with E-state index in [1.165, 1.54) is 10.8 Å². The predicted octanol–water partition coefficient (Wildman–Crippen LogP) is 6.95. The van der Waals surface area contributed by atoms with Gasteiger partial charge < -0.3 is 4.42 Å². The summed E-state index contributed by atoms with van der Waals surface area (Å²) in [7, 11) is 0. The summed E-state index contributed by atoms with van der Waals surface area (Å²) in [6.45, 7) is 0. The molecule has 2 aromatic heterocycles. The molecule has 0 aliphatic carbocycles. The molecule has 2 heteroatoms. The Kier molecular flexibility index (Phi) is 2.91. The van der Waals surface area contributed by atoms with Crippen molar-refractivity contribution in [2.45, 2.75) is 0 Å². The third kappa shape index (κ3) is 2.04. The summed E-state index contributed by atoms with van der Waals surface area (Å²) >= 11 is 0. The van der Waals surface area contributed by atoms with Crippen molar-refractivity contribution < 1.29 is 4.42 Å². The van der Waals surface area contributed by atoms with Gasteiger partial charge in [-0.3, -0.25) is 4.98 Å². The molecule has 0 radical (unpaired) electrons. The molecule has 0 bridgehead atoms. The minimum atomic E-state index is 0.896. The molecule has 0 N–H and O–H groups in total. The summed E-state index contributed by atoms with van der Waals surface area (Å²) in [5.41, 5.74) is 3.83. The molecule has 0 atom stereocenters. The van der Waals surface area contributed by atoms with Gasteiger partial charge in [-0.2, -0.15) is 0 Å². The number of hydrogen-bond donors (Lipinski definition) is 0. The van der Waals surface area contributed by atoms with Crippen molar-refractivity contribution >= 4 is 43.5 Å². The van der Waals surface area contributed by atoms with E-state index in [0.29, 0.717) is 0 Å². The van der Waals surface area contributed by atoms with E-state index >= 15 is 0 Å². The van der Waals surface area contributed by atoms with E-state index in [-0.39, 0.29) is 0 Å². The molecule has 0 spiro atoms. The van der Waals surface area contributed by atoms with Gasteiger partial charge in [0.15, 0.2) is 0 Å². The molecule has 126 valence electrons. The monoisotopic (exact) mass is 345 g/mol. The van der Waals surface area contributed by atoms with Crippen LogP contribution >= 0.6 is 0 Å². The van der Waals surface area contributed by atoms with Crippen LogP contribution in [-0.4, -0.2) is 4.98 Å². The van der Waals surface area contributed by atoms with Gasteiger partial charge >= 0.3 is 0 Å². The normalized spacial score (nSPS) is 11.7. The van der Waals surface area contributed by atoms with Crippen molar-refractivity contribution in [1.29, 1.82) is 0 Å². The standard InChI is InChI=1S/C25H15NO/c1-3-8-18-17(7-1)14-15-26-23(18)22-11-5-10-20-21-13-12-16-6-2-4-9-19(16)24(21)27-25(20)22/h1-15H. The van der Waals surface area contributed by atoms with Gasteiger partial charge in [0, 0.05) is 33.3 Å². The van der Waals surface area contributed by atoms with E-state index in [4.69, 9.17) is 9.40 Å². The summed E-state index contributed by atoms with van der Waals surface area (Å²) in [5, 5.41) is 6.92. The first-order valence-corrected chi connectivity index (χ1v) is 9.07. The van der Waals surface area contributed by atoms with Gasteiger partial charge in [0.25, 0.3) is 0 Å². The molecule has 4 aromatic carbocycles. The highest BCUT2D eigenvalue weighted by Gasteiger charge is 2.16. The highest BCUT2D eigenvalue weighted by Crippen LogP contribution is 2.39. The Morgan fingerprint density at radius 3 is 2.11 bits per heavy atom. The third-order valence-corrected chi connectivity index (χ3v) is 5.32. The fourth-order valence-corrected chi connectivity index (χ4v) is 4.05. The van der Waals surface area contributed by atoms with Crippen molar-refractivity contribution in [1.82, 2.24) is 4.98 Å². The molecule has 6 aromatic rings. The molecular formula is C25H15NO. The second-order valence-electron chi connectivity index (χ2n) is 6.83. The molecule has 0 aliphatic heterocycles. The van der Waals surface area contributed by atoms with E-state index in [1.54, 1.807) is 0 Å². The first-order chi connectivity index (χ1) is 13.4. The minimum Gasteiger partial charge on any atom is -0.455 e. The smallest absolute Gasteiger partial charge is 0.144 e. The Morgan fingerprint density at radius 2 is 1.22 bits per heavy atom. The van der Waals surface area contributed by atoms with Crippen LogP contribution in [0.25, 0.3) is 54.7 Å². The second kappa shape index (κ2) is 5.42. The maximum absolute atomic E-state index is 6.46. The fourth-order valence-electron chi connectivity index (χ4n) is 4.05. The summed E-state index contributed by atoms with van der Waals surface area (Å²) in [6.07, 6.45) is 1.87. The van der Waals surface area contributed by atoms with Gasteiger partial charge in [-0.15, -0.1) is 0 Å². The van der Waals surface area contributed by atoms with Gasteiger partial charge in [0.2, 0.25) is 0 Å². The predicted molar refractivity (Wildman–Crippen MR) is 112 cm³/mol. The number of furan rings is 1. The Bertz CT molecular complexity index is 1470. The zero-order valence-electron chi connectivity index (χ0n) is 14.5. The number of benzene rings is 4. The van der Waals surface area contributed by atoms with Gasteiger partial charge in [-0.05, 0) is 29.0 Å². The molecule has 0 aliphatic rings. The van der Waals surface area contributed by atoms with Crippen LogP contribution in [0.1, 0.15) is 0 Å². The van der Waals surface area contributed by atoms with Gasteiger partial charge in [-0.1, -0.05) is 66.7 Å². The van der Waals surface area contributed by atoms with Crippen molar-refractivity contribution in [2.75, 3.05) is 0 Å². The summed E-state index contributed by atoms with van der Waals surface area (Å²) in [6, 6.07) is 29.4. The van der Waals surface area contributed by atoms with Gasteiger partial charge in [-0.25, -0.2) is 0 Å². The van der Waals surface area contributed by atoms with Crippen LogP contribution in [0.3, 0.4) is 0 Å². The van der Waals surface area contributed by atoms with Gasteiger partial charge in [0.05, 0.1) is 5.69 Å². The lowest BCUT2D eigenvalue weighted by Crippen LogP contribution is -1.86. The van der Waals surface area contributed by atoms with E-state index in [2.05, 4.69) is 78.9 Å². The lowest BCUT2D eigenvalue weighted by molar-refractivity contribution is 0.673. The molecule has 0 saturated heterocycles. The van der Waals surface area contributed by atoms with Crippen molar-refractivity contribution in [3.63, 3.8) is 0 Å². The molecule has 2 heterocycles. The minimum absolute atomic E-state index is 0.896. The SMILES string of the molecule is c1ccc2c(-c3cccc4c3oc3c5ccccc5ccc43)nccc2c1. The molecule has 27 heavy (non-hydrogen) atoms. The number of nitrogens with zero attached hydrogens (tertiary/aromatic N) is 1. The van der Waals surface area contributed by atoms with Crippen LogP contribution in [0.5, 0.6) is 0 Å². The molecule has 0 saturated carbocycles. The zero-order valence-corrected chi connectivity index (χ0v) is 14.5. The highest BCUT2D eigenvalue weighted by molar-refractivity contribution is 6.17. The van der Waals surface area contributed by atoms with Crippen LogP contribution in [-0.2, 0) is 0 Å². The first kappa shape index (κ1) is 14.5.